The highest BCUT2D eigenvalue weighted by molar-refractivity contribution is 7.90. The third kappa shape index (κ3) is 6.04. The average Bonchev–Trinajstić information content (AvgIpc) is 3.34. The van der Waals surface area contributed by atoms with Gasteiger partial charge in [-0.25, -0.2) is 19.7 Å². The minimum atomic E-state index is -4.25. The molecule has 10 nitrogen and oxygen atoms in total. The number of rotatable bonds is 7. The van der Waals surface area contributed by atoms with Crippen LogP contribution in [0.25, 0.3) is 11.3 Å². The molecule has 1 atom stereocenters. The van der Waals surface area contributed by atoms with Gasteiger partial charge >= 0.3 is 0 Å². The number of hydrogen-bond donors (Lipinski definition) is 2. The van der Waals surface area contributed by atoms with Gasteiger partial charge in [-0.15, -0.1) is 0 Å². The summed E-state index contributed by atoms with van der Waals surface area (Å²) in [6.45, 7) is 11.0. The molecule has 0 radical (unpaired) electrons. The third-order valence-electron chi connectivity index (χ3n) is 6.28. The molecular weight excluding hydrogens is 504 g/mol. The number of anilines is 2. The van der Waals surface area contributed by atoms with Crippen LogP contribution in [0.5, 0.6) is 5.88 Å². The number of nitrogens with one attached hydrogen (secondary N) is 1. The Morgan fingerprint density at radius 3 is 2.55 bits per heavy atom. The van der Waals surface area contributed by atoms with E-state index in [4.69, 9.17) is 15.5 Å². The Bertz CT molecular complexity index is 1420. The second-order valence-electron chi connectivity index (χ2n) is 10.7. The largest absolute Gasteiger partial charge is 0.475 e. The molecular formula is C27H36N6O4S. The highest BCUT2D eigenvalue weighted by Crippen LogP contribution is 2.37. The van der Waals surface area contributed by atoms with Crippen molar-refractivity contribution in [3.63, 3.8) is 0 Å². The lowest BCUT2D eigenvalue weighted by molar-refractivity contribution is 0.0981. The zero-order valence-electron chi connectivity index (χ0n) is 22.3. The number of aromatic nitrogens is 3. The molecule has 1 aliphatic heterocycles. The Hall–Kier alpha value is -3.73. The van der Waals surface area contributed by atoms with Gasteiger partial charge in [0.25, 0.3) is 15.9 Å². The smallest absolute Gasteiger partial charge is 0.281 e. The van der Waals surface area contributed by atoms with Crippen molar-refractivity contribution in [3.05, 3.63) is 54.2 Å². The number of carbonyl (C=O) groups excluding carboxylic acids is 1. The molecule has 204 valence electrons. The van der Waals surface area contributed by atoms with Crippen LogP contribution < -0.4 is 20.1 Å². The maximum absolute atomic E-state index is 13.4. The second kappa shape index (κ2) is 10.6. The van der Waals surface area contributed by atoms with E-state index in [0.29, 0.717) is 23.9 Å². The van der Waals surface area contributed by atoms with E-state index >= 15 is 0 Å². The van der Waals surface area contributed by atoms with Gasteiger partial charge in [0, 0.05) is 31.8 Å². The van der Waals surface area contributed by atoms with Gasteiger partial charge in [-0.05, 0) is 62.4 Å². The van der Waals surface area contributed by atoms with Crippen LogP contribution in [0.3, 0.4) is 0 Å². The molecule has 1 unspecified atom stereocenters. The SMILES string of the molecule is CC(C)Oc1ccc(-c2ccc(C(=O)NS(=O)(=O)c3cccc(N)n3)c(N3CCCC3C(C)(C)C)n2)cn1.[HH]. The highest BCUT2D eigenvalue weighted by Gasteiger charge is 2.37. The summed E-state index contributed by atoms with van der Waals surface area (Å²) in [5.41, 5.74) is 7.08. The molecule has 0 aliphatic carbocycles. The lowest BCUT2D eigenvalue weighted by Gasteiger charge is -2.36. The Labute approximate surface area is 225 Å². The Morgan fingerprint density at radius 2 is 1.92 bits per heavy atom. The fourth-order valence-electron chi connectivity index (χ4n) is 4.58. The minimum absolute atomic E-state index is 0. The molecule has 4 rings (SSSR count). The molecule has 0 bridgehead atoms. The van der Waals surface area contributed by atoms with Crippen molar-refractivity contribution in [2.75, 3.05) is 17.2 Å². The van der Waals surface area contributed by atoms with E-state index in [9.17, 15) is 13.2 Å². The van der Waals surface area contributed by atoms with E-state index < -0.39 is 15.9 Å². The molecule has 3 N–H and O–H groups in total. The predicted octanol–water partition coefficient (Wildman–Crippen LogP) is 4.29. The van der Waals surface area contributed by atoms with Crippen molar-refractivity contribution in [1.29, 1.82) is 0 Å². The highest BCUT2D eigenvalue weighted by atomic mass is 32.2. The number of nitrogens with zero attached hydrogens (tertiary/aromatic N) is 4. The topological polar surface area (TPSA) is 140 Å². The fourth-order valence-corrected chi connectivity index (χ4v) is 5.52. The van der Waals surface area contributed by atoms with Crippen molar-refractivity contribution in [2.24, 2.45) is 5.41 Å². The van der Waals surface area contributed by atoms with Crippen LogP contribution >= 0.6 is 0 Å². The first-order valence-corrected chi connectivity index (χ1v) is 14.0. The molecule has 3 aromatic heterocycles. The van der Waals surface area contributed by atoms with Crippen LogP contribution in [0.2, 0.25) is 0 Å². The van der Waals surface area contributed by atoms with E-state index in [1.807, 2.05) is 19.9 Å². The number of hydrogen-bond acceptors (Lipinski definition) is 9. The van der Waals surface area contributed by atoms with E-state index in [-0.39, 0.29) is 35.4 Å². The van der Waals surface area contributed by atoms with Gasteiger partial charge < -0.3 is 15.4 Å². The van der Waals surface area contributed by atoms with E-state index in [1.165, 1.54) is 18.2 Å². The molecule has 0 saturated carbocycles. The maximum atomic E-state index is 13.4. The van der Waals surface area contributed by atoms with Crippen molar-refractivity contribution >= 4 is 27.6 Å². The van der Waals surface area contributed by atoms with Crippen molar-refractivity contribution in [1.82, 2.24) is 19.7 Å². The first-order valence-electron chi connectivity index (χ1n) is 12.6. The van der Waals surface area contributed by atoms with Gasteiger partial charge in [-0.2, -0.15) is 8.42 Å². The number of nitrogens with two attached hydrogens (primary N) is 1. The van der Waals surface area contributed by atoms with Gasteiger partial charge in [0.15, 0.2) is 5.03 Å². The summed E-state index contributed by atoms with van der Waals surface area (Å²) in [6.07, 6.45) is 3.54. The fraction of sp³-hybridized carbons (Fsp3) is 0.407. The van der Waals surface area contributed by atoms with Crippen molar-refractivity contribution in [3.8, 4) is 17.1 Å². The summed E-state index contributed by atoms with van der Waals surface area (Å²) >= 11 is 0. The third-order valence-corrected chi connectivity index (χ3v) is 7.51. The molecule has 4 heterocycles. The van der Waals surface area contributed by atoms with Crippen molar-refractivity contribution in [2.45, 2.75) is 64.6 Å². The zero-order chi connectivity index (χ0) is 27.7. The monoisotopic (exact) mass is 540 g/mol. The summed E-state index contributed by atoms with van der Waals surface area (Å²) in [6, 6.07) is 11.3. The number of ether oxygens (including phenoxy) is 1. The van der Waals surface area contributed by atoms with Gasteiger partial charge in [0.05, 0.1) is 17.4 Å². The predicted molar refractivity (Wildman–Crippen MR) is 148 cm³/mol. The van der Waals surface area contributed by atoms with E-state index in [1.54, 1.807) is 24.4 Å². The number of pyridine rings is 3. The normalized spacial score (nSPS) is 16.1. The first kappa shape index (κ1) is 27.3. The maximum Gasteiger partial charge on any atom is 0.281 e. The van der Waals surface area contributed by atoms with E-state index in [2.05, 4.69) is 40.4 Å². The molecule has 1 aliphatic rings. The van der Waals surface area contributed by atoms with Crippen molar-refractivity contribution < 1.29 is 19.4 Å². The number of sulfonamides is 1. The Kier molecular flexibility index (Phi) is 7.59. The molecule has 3 aromatic rings. The van der Waals surface area contributed by atoms with Crippen LogP contribution in [0.15, 0.2) is 53.7 Å². The van der Waals surface area contributed by atoms with Crippen LogP contribution in [0.1, 0.15) is 59.2 Å². The number of amides is 1. The number of carbonyl (C=O) groups is 1. The van der Waals surface area contributed by atoms with Gasteiger partial charge in [0.1, 0.15) is 11.6 Å². The van der Waals surface area contributed by atoms with Gasteiger partial charge in [0.2, 0.25) is 5.88 Å². The summed E-state index contributed by atoms with van der Waals surface area (Å²) in [5, 5.41) is -0.333. The average molecular weight is 541 g/mol. The van der Waals surface area contributed by atoms with Crippen LogP contribution in [0, 0.1) is 5.41 Å². The number of nitrogen functional groups attached to an aromatic ring is 1. The molecule has 1 fully saturated rings. The summed E-state index contributed by atoms with van der Waals surface area (Å²) < 4.78 is 33.6. The Balaban J connectivity index is 0.00000420. The molecule has 11 heteroatoms. The quantitative estimate of drug-likeness (QED) is 0.449. The summed E-state index contributed by atoms with van der Waals surface area (Å²) in [4.78, 5) is 28.6. The summed E-state index contributed by atoms with van der Waals surface area (Å²) in [7, 11) is -4.25. The van der Waals surface area contributed by atoms with Crippen LogP contribution in [-0.2, 0) is 10.0 Å². The van der Waals surface area contributed by atoms with Crippen LogP contribution in [-0.4, -0.2) is 48.0 Å². The second-order valence-corrected chi connectivity index (χ2v) is 12.3. The molecule has 0 spiro atoms. The Morgan fingerprint density at radius 1 is 1.16 bits per heavy atom. The molecule has 0 aromatic carbocycles. The van der Waals surface area contributed by atoms with Gasteiger partial charge in [-0.3, -0.25) is 4.79 Å². The lowest BCUT2D eigenvalue weighted by atomic mass is 9.85. The zero-order valence-corrected chi connectivity index (χ0v) is 23.1. The van der Waals surface area contributed by atoms with E-state index in [0.717, 1.165) is 18.4 Å². The van der Waals surface area contributed by atoms with Gasteiger partial charge in [-0.1, -0.05) is 26.8 Å². The first-order chi connectivity index (χ1) is 17.8. The van der Waals surface area contributed by atoms with Crippen LogP contribution in [0.4, 0.5) is 11.6 Å². The molecule has 1 saturated heterocycles. The molecule has 38 heavy (non-hydrogen) atoms. The summed E-state index contributed by atoms with van der Waals surface area (Å²) in [5.74, 6) is 0.181. The molecule has 1 amide bonds. The minimum Gasteiger partial charge on any atom is -0.475 e. The lowest BCUT2D eigenvalue weighted by Crippen LogP contribution is -2.41. The standard InChI is InChI=1S/C27H34N6O4S.H2/c1-17(2)37-23-14-11-18(16-29-23)20-13-12-19(25(30-20)33-15-7-8-21(33)27(3,4)5)26(34)32-38(35,36)24-10-6-9-22(28)31-24;/h6,9-14,16-17,21H,7-8,15H2,1-5H3,(H2,28,31)(H,32,34);1H.